The number of hydrogen-bond donors (Lipinski definition) is 3. The van der Waals surface area contributed by atoms with E-state index in [0.717, 1.165) is 44.9 Å². The summed E-state index contributed by atoms with van der Waals surface area (Å²) < 4.78 is 37.7. The molecule has 4 aliphatic carbocycles. The standard InChI is InChI=1S/C23H37F3O2S/c1-21-11-9-16(27)13-15(21)5-7-17-18(21)10-12-22(29)14(6-8-19(17)22)3-2-4-20(28)23(24,25)26/h14-20,27-29H,2-13H2,1H3/t14-,15?,16-,17+,18?,19?,20+,21-,22-/m0/s1. The number of halogens is 3. The molecule has 29 heavy (non-hydrogen) atoms. The van der Waals surface area contributed by atoms with Gasteiger partial charge >= 0.3 is 6.18 Å². The fourth-order valence-electron chi connectivity index (χ4n) is 8.10. The maximum absolute atomic E-state index is 12.6. The fraction of sp³-hybridized carbons (Fsp3) is 1.00. The normalized spacial score (nSPS) is 48.5. The summed E-state index contributed by atoms with van der Waals surface area (Å²) in [5.74, 6) is 2.98. The minimum atomic E-state index is -4.50. The number of rotatable bonds is 4. The average molecular weight is 435 g/mol. The van der Waals surface area contributed by atoms with Gasteiger partial charge in [0.05, 0.1) is 6.10 Å². The molecule has 0 aromatic rings. The Bertz CT molecular complexity index is 599. The lowest BCUT2D eigenvalue weighted by Crippen LogP contribution is -2.55. The Balaban J connectivity index is 1.41. The van der Waals surface area contributed by atoms with E-state index in [2.05, 4.69) is 6.92 Å². The average Bonchev–Trinajstić information content (AvgIpc) is 2.98. The van der Waals surface area contributed by atoms with E-state index in [1.165, 1.54) is 19.3 Å². The summed E-state index contributed by atoms with van der Waals surface area (Å²) in [5.41, 5.74) is 0.339. The summed E-state index contributed by atoms with van der Waals surface area (Å²) in [6, 6.07) is 0. The third-order valence-electron chi connectivity index (χ3n) is 9.67. The summed E-state index contributed by atoms with van der Waals surface area (Å²) in [4.78, 5) is 0. The lowest BCUT2D eigenvalue weighted by molar-refractivity contribution is -0.205. The molecule has 4 aliphatic rings. The third kappa shape index (κ3) is 3.88. The van der Waals surface area contributed by atoms with E-state index >= 15 is 0 Å². The van der Waals surface area contributed by atoms with Crippen molar-refractivity contribution in [3.05, 3.63) is 0 Å². The number of fused-ring (bicyclic) bond motifs is 5. The van der Waals surface area contributed by atoms with Crippen LogP contribution in [0.1, 0.15) is 84.0 Å². The SMILES string of the molecule is C[C@]12CC[C@H](O)CC1CC[C@@H]1C2CC[C@@]2(S)C1CC[C@@H]2CCC[C@@H](O)C(F)(F)F. The first-order chi connectivity index (χ1) is 13.6. The number of hydrogen-bond acceptors (Lipinski definition) is 3. The van der Waals surface area contributed by atoms with Crippen molar-refractivity contribution in [1.82, 2.24) is 0 Å². The first kappa shape index (κ1) is 22.3. The van der Waals surface area contributed by atoms with E-state index < -0.39 is 12.3 Å². The summed E-state index contributed by atoms with van der Waals surface area (Å²) in [5, 5.41) is 19.5. The van der Waals surface area contributed by atoms with Crippen molar-refractivity contribution >= 4 is 12.6 Å². The zero-order chi connectivity index (χ0) is 21.0. The summed E-state index contributed by atoms with van der Waals surface area (Å²) in [6.45, 7) is 2.47. The number of alkyl halides is 3. The molecule has 0 aliphatic heterocycles. The van der Waals surface area contributed by atoms with Gasteiger partial charge in [-0.1, -0.05) is 13.3 Å². The topological polar surface area (TPSA) is 40.5 Å². The van der Waals surface area contributed by atoms with Crippen LogP contribution < -0.4 is 0 Å². The monoisotopic (exact) mass is 434 g/mol. The molecular weight excluding hydrogens is 397 g/mol. The maximum Gasteiger partial charge on any atom is 0.414 e. The highest BCUT2D eigenvalue weighted by molar-refractivity contribution is 7.81. The minimum Gasteiger partial charge on any atom is -0.393 e. The van der Waals surface area contributed by atoms with E-state index in [0.29, 0.717) is 41.4 Å². The van der Waals surface area contributed by atoms with Gasteiger partial charge in [-0.3, -0.25) is 0 Å². The van der Waals surface area contributed by atoms with Gasteiger partial charge in [0, 0.05) is 4.75 Å². The highest BCUT2D eigenvalue weighted by atomic mass is 32.1. The van der Waals surface area contributed by atoms with Crippen LogP contribution in [0.2, 0.25) is 0 Å². The molecule has 3 unspecified atom stereocenters. The Hall–Kier alpha value is 0.0600. The van der Waals surface area contributed by atoms with Crippen LogP contribution in [0, 0.1) is 35.0 Å². The zero-order valence-electron chi connectivity index (χ0n) is 17.5. The van der Waals surface area contributed by atoms with Crippen LogP contribution in [0.4, 0.5) is 13.2 Å². The van der Waals surface area contributed by atoms with Crippen molar-refractivity contribution in [3.8, 4) is 0 Å². The van der Waals surface area contributed by atoms with E-state index in [9.17, 15) is 23.4 Å². The molecule has 2 nitrogen and oxygen atoms in total. The van der Waals surface area contributed by atoms with E-state index in [1.807, 2.05) is 0 Å². The van der Waals surface area contributed by atoms with Crippen LogP contribution in [-0.2, 0) is 0 Å². The Labute approximate surface area is 178 Å². The fourth-order valence-corrected chi connectivity index (χ4v) is 8.81. The van der Waals surface area contributed by atoms with E-state index in [1.54, 1.807) is 0 Å². The summed E-state index contributed by atoms with van der Waals surface area (Å²) >= 11 is 5.24. The van der Waals surface area contributed by atoms with Gasteiger partial charge < -0.3 is 10.2 Å². The predicted octanol–water partition coefficient (Wildman–Crippen LogP) is 5.76. The van der Waals surface area contributed by atoms with Crippen LogP contribution in [0.5, 0.6) is 0 Å². The lowest BCUT2D eigenvalue weighted by atomic mass is 9.46. The van der Waals surface area contributed by atoms with Gasteiger partial charge in [0.25, 0.3) is 0 Å². The molecule has 0 saturated heterocycles. The molecule has 0 aromatic heterocycles. The van der Waals surface area contributed by atoms with Crippen LogP contribution in [0.15, 0.2) is 0 Å². The first-order valence-corrected chi connectivity index (χ1v) is 12.2. The molecule has 9 atom stereocenters. The number of aliphatic hydroxyl groups excluding tert-OH is 2. The van der Waals surface area contributed by atoms with Gasteiger partial charge in [0.15, 0.2) is 0 Å². The van der Waals surface area contributed by atoms with Crippen molar-refractivity contribution in [2.75, 3.05) is 0 Å². The van der Waals surface area contributed by atoms with Gasteiger partial charge in [0.1, 0.15) is 6.10 Å². The van der Waals surface area contributed by atoms with Crippen molar-refractivity contribution < 1.29 is 23.4 Å². The van der Waals surface area contributed by atoms with Gasteiger partial charge in [-0.15, -0.1) is 0 Å². The second-order valence-corrected chi connectivity index (χ2v) is 11.7. The second kappa shape index (κ2) is 7.88. The van der Waals surface area contributed by atoms with Crippen molar-refractivity contribution in [2.24, 2.45) is 35.0 Å². The quantitative estimate of drug-likeness (QED) is 0.492. The van der Waals surface area contributed by atoms with Crippen LogP contribution in [0.3, 0.4) is 0 Å². The van der Waals surface area contributed by atoms with Crippen LogP contribution in [0.25, 0.3) is 0 Å². The molecule has 4 saturated carbocycles. The highest BCUT2D eigenvalue weighted by Crippen LogP contribution is 2.66. The van der Waals surface area contributed by atoms with Gasteiger partial charge in [-0.25, -0.2) is 0 Å². The first-order valence-electron chi connectivity index (χ1n) is 11.7. The second-order valence-electron chi connectivity index (χ2n) is 10.9. The van der Waals surface area contributed by atoms with Crippen molar-refractivity contribution in [3.63, 3.8) is 0 Å². The zero-order valence-corrected chi connectivity index (χ0v) is 18.4. The number of thiol groups is 1. The minimum absolute atomic E-state index is 0.0400. The Morgan fingerprint density at radius 2 is 1.79 bits per heavy atom. The number of aliphatic hydroxyl groups is 2. The van der Waals surface area contributed by atoms with Crippen molar-refractivity contribution in [2.45, 2.75) is 107 Å². The Morgan fingerprint density at radius 1 is 1.03 bits per heavy atom. The molecule has 4 fully saturated rings. The maximum atomic E-state index is 12.6. The van der Waals surface area contributed by atoms with Crippen LogP contribution in [-0.4, -0.2) is 33.3 Å². The molecular formula is C23H37F3O2S. The molecule has 4 rings (SSSR count). The molecule has 168 valence electrons. The van der Waals surface area contributed by atoms with Gasteiger partial charge in [0.2, 0.25) is 0 Å². The van der Waals surface area contributed by atoms with E-state index in [4.69, 9.17) is 12.6 Å². The predicted molar refractivity (Wildman–Crippen MR) is 111 cm³/mol. The molecule has 0 amide bonds. The van der Waals surface area contributed by atoms with Crippen LogP contribution >= 0.6 is 12.6 Å². The Kier molecular flexibility index (Phi) is 6.05. The van der Waals surface area contributed by atoms with E-state index in [-0.39, 0.29) is 17.3 Å². The van der Waals surface area contributed by atoms with Crippen molar-refractivity contribution in [1.29, 1.82) is 0 Å². The molecule has 0 aromatic carbocycles. The molecule has 2 N–H and O–H groups in total. The van der Waals surface area contributed by atoms with Gasteiger partial charge in [-0.2, -0.15) is 25.8 Å². The Morgan fingerprint density at radius 3 is 2.52 bits per heavy atom. The third-order valence-corrected chi connectivity index (χ3v) is 10.6. The summed E-state index contributed by atoms with van der Waals surface area (Å²) in [6.07, 6.45) is 4.07. The molecule has 0 spiro atoms. The molecule has 0 radical (unpaired) electrons. The smallest absolute Gasteiger partial charge is 0.393 e. The summed E-state index contributed by atoms with van der Waals surface area (Å²) in [7, 11) is 0. The largest absolute Gasteiger partial charge is 0.414 e. The molecule has 0 heterocycles. The molecule has 0 bridgehead atoms. The highest BCUT2D eigenvalue weighted by Gasteiger charge is 2.60. The molecule has 6 heteroatoms. The lowest BCUT2D eigenvalue weighted by Gasteiger charge is -2.60. The van der Waals surface area contributed by atoms with Gasteiger partial charge in [-0.05, 0) is 106 Å².